The number of hydrogen-bond donors (Lipinski definition) is 1. The molecule has 3 heteroatoms. The highest BCUT2D eigenvalue weighted by molar-refractivity contribution is 7.09. The molecule has 0 saturated carbocycles. The van der Waals surface area contributed by atoms with E-state index in [1.807, 2.05) is 6.92 Å². The molecular formula is C13H22N2S. The monoisotopic (exact) mass is 238 g/mol. The van der Waals surface area contributed by atoms with Crippen LogP contribution in [-0.4, -0.2) is 17.6 Å². The second-order valence-corrected chi connectivity index (χ2v) is 5.09. The van der Waals surface area contributed by atoms with Gasteiger partial charge in [0, 0.05) is 23.5 Å². The summed E-state index contributed by atoms with van der Waals surface area (Å²) in [5, 5.41) is 6.86. The zero-order valence-corrected chi connectivity index (χ0v) is 11.4. The largest absolute Gasteiger partial charge is 0.314 e. The molecule has 1 rings (SSSR count). The molecule has 0 saturated heterocycles. The van der Waals surface area contributed by atoms with Crippen molar-refractivity contribution in [1.82, 2.24) is 10.3 Å². The van der Waals surface area contributed by atoms with Crippen LogP contribution in [0.5, 0.6) is 0 Å². The van der Waals surface area contributed by atoms with Gasteiger partial charge in [0.1, 0.15) is 0 Å². The van der Waals surface area contributed by atoms with Crippen molar-refractivity contribution in [3.63, 3.8) is 0 Å². The number of thiazole rings is 1. The Hall–Kier alpha value is -0.670. The van der Waals surface area contributed by atoms with E-state index in [1.165, 1.54) is 10.6 Å². The maximum atomic E-state index is 4.51. The van der Waals surface area contributed by atoms with Crippen molar-refractivity contribution in [1.29, 1.82) is 0 Å². The van der Waals surface area contributed by atoms with Crippen molar-refractivity contribution >= 4 is 11.3 Å². The van der Waals surface area contributed by atoms with E-state index in [1.54, 1.807) is 11.3 Å². The Kier molecular flexibility index (Phi) is 5.71. The molecule has 1 unspecified atom stereocenters. The van der Waals surface area contributed by atoms with Crippen molar-refractivity contribution in [2.75, 3.05) is 6.54 Å². The molecule has 1 atom stereocenters. The number of aryl methyl sites for hydroxylation is 1. The van der Waals surface area contributed by atoms with Gasteiger partial charge in [-0.15, -0.1) is 11.3 Å². The van der Waals surface area contributed by atoms with Crippen LogP contribution in [0.4, 0.5) is 0 Å². The topological polar surface area (TPSA) is 24.9 Å². The van der Waals surface area contributed by atoms with Crippen LogP contribution >= 0.6 is 11.3 Å². The average Bonchev–Trinajstić information content (AvgIpc) is 2.64. The van der Waals surface area contributed by atoms with Gasteiger partial charge in [0.25, 0.3) is 0 Å². The molecule has 0 amide bonds. The summed E-state index contributed by atoms with van der Waals surface area (Å²) in [5.74, 6) is 0. The van der Waals surface area contributed by atoms with Gasteiger partial charge in [-0.05, 0) is 26.3 Å². The fourth-order valence-corrected chi connectivity index (χ4v) is 2.56. The first kappa shape index (κ1) is 13.4. The first-order valence-electron chi connectivity index (χ1n) is 5.96. The van der Waals surface area contributed by atoms with Crippen LogP contribution in [0.25, 0.3) is 0 Å². The normalized spacial score (nSPS) is 12.7. The Morgan fingerprint density at radius 1 is 1.56 bits per heavy atom. The second kappa shape index (κ2) is 6.81. The third kappa shape index (κ3) is 4.45. The Bertz CT molecular complexity index is 330. The smallest absolute Gasteiger partial charge is 0.0943 e. The maximum absolute atomic E-state index is 4.51. The van der Waals surface area contributed by atoms with Crippen molar-refractivity contribution in [2.45, 2.75) is 46.1 Å². The zero-order chi connectivity index (χ0) is 12.0. The number of rotatable bonds is 7. The summed E-state index contributed by atoms with van der Waals surface area (Å²) in [6.45, 7) is 11.5. The average molecular weight is 238 g/mol. The van der Waals surface area contributed by atoms with E-state index in [0.29, 0.717) is 6.04 Å². The zero-order valence-electron chi connectivity index (χ0n) is 10.5. The Morgan fingerprint density at radius 2 is 2.31 bits per heavy atom. The minimum Gasteiger partial charge on any atom is -0.314 e. The highest BCUT2D eigenvalue weighted by Crippen LogP contribution is 2.15. The number of nitrogens with one attached hydrogen (secondary N) is 1. The molecule has 1 heterocycles. The predicted octanol–water partition coefficient (Wildman–Crippen LogP) is 3.33. The third-order valence-corrected chi connectivity index (χ3v) is 3.60. The van der Waals surface area contributed by atoms with Crippen LogP contribution in [0, 0.1) is 6.92 Å². The molecule has 0 aromatic carbocycles. The fourth-order valence-electron chi connectivity index (χ4n) is 1.71. The molecule has 0 radical (unpaired) electrons. The molecular weight excluding hydrogens is 216 g/mol. The molecule has 0 aliphatic heterocycles. The molecule has 0 aliphatic carbocycles. The van der Waals surface area contributed by atoms with Crippen LogP contribution < -0.4 is 5.32 Å². The predicted molar refractivity (Wildman–Crippen MR) is 72.1 cm³/mol. The highest BCUT2D eigenvalue weighted by atomic mass is 32.1. The maximum Gasteiger partial charge on any atom is 0.0943 e. The standard InChI is InChI=1S/C13H22N2S/c1-5-10(3)7-12(14-6-2)8-13-15-11(4)9-16-13/h9,12,14H,3,5-8H2,1-2,4H3. The summed E-state index contributed by atoms with van der Waals surface area (Å²) in [4.78, 5) is 4.51. The van der Waals surface area contributed by atoms with Crippen molar-refractivity contribution in [3.05, 3.63) is 28.2 Å². The summed E-state index contributed by atoms with van der Waals surface area (Å²) in [6.07, 6.45) is 3.15. The molecule has 0 bridgehead atoms. The molecule has 90 valence electrons. The minimum absolute atomic E-state index is 0.489. The van der Waals surface area contributed by atoms with E-state index in [9.17, 15) is 0 Å². The SMILES string of the molecule is C=C(CC)CC(Cc1nc(C)cs1)NCC. The molecule has 2 nitrogen and oxygen atoms in total. The number of likely N-dealkylation sites (N-methyl/N-ethyl adjacent to an activating group) is 1. The summed E-state index contributed by atoms with van der Waals surface area (Å²) < 4.78 is 0. The highest BCUT2D eigenvalue weighted by Gasteiger charge is 2.11. The van der Waals surface area contributed by atoms with Gasteiger partial charge in [0.15, 0.2) is 0 Å². The lowest BCUT2D eigenvalue weighted by atomic mass is 10.0. The van der Waals surface area contributed by atoms with Crippen molar-refractivity contribution in [3.8, 4) is 0 Å². The van der Waals surface area contributed by atoms with E-state index in [4.69, 9.17) is 0 Å². The quantitative estimate of drug-likeness (QED) is 0.737. The lowest BCUT2D eigenvalue weighted by Crippen LogP contribution is -2.31. The fraction of sp³-hybridized carbons (Fsp3) is 0.615. The first-order valence-corrected chi connectivity index (χ1v) is 6.84. The molecule has 16 heavy (non-hydrogen) atoms. The van der Waals surface area contributed by atoms with Gasteiger partial charge in [-0.2, -0.15) is 0 Å². The van der Waals surface area contributed by atoms with Gasteiger partial charge in [0.05, 0.1) is 5.01 Å². The summed E-state index contributed by atoms with van der Waals surface area (Å²) in [7, 11) is 0. The van der Waals surface area contributed by atoms with Crippen LogP contribution in [0.2, 0.25) is 0 Å². The van der Waals surface area contributed by atoms with Crippen LogP contribution in [0.1, 0.15) is 37.4 Å². The van der Waals surface area contributed by atoms with E-state index in [0.717, 1.165) is 31.5 Å². The van der Waals surface area contributed by atoms with Crippen LogP contribution in [0.15, 0.2) is 17.5 Å². The van der Waals surface area contributed by atoms with Gasteiger partial charge in [-0.1, -0.05) is 26.0 Å². The summed E-state index contributed by atoms with van der Waals surface area (Å²) in [5.41, 5.74) is 2.45. The molecule has 1 N–H and O–H groups in total. The van der Waals surface area contributed by atoms with Crippen LogP contribution in [0.3, 0.4) is 0 Å². The second-order valence-electron chi connectivity index (χ2n) is 4.15. The molecule has 0 spiro atoms. The van der Waals surface area contributed by atoms with E-state index in [2.05, 4.69) is 36.1 Å². The van der Waals surface area contributed by atoms with E-state index in [-0.39, 0.29) is 0 Å². The lowest BCUT2D eigenvalue weighted by Gasteiger charge is -2.17. The minimum atomic E-state index is 0.489. The van der Waals surface area contributed by atoms with Gasteiger partial charge < -0.3 is 5.32 Å². The van der Waals surface area contributed by atoms with Gasteiger partial charge in [-0.3, -0.25) is 0 Å². The lowest BCUT2D eigenvalue weighted by molar-refractivity contribution is 0.514. The van der Waals surface area contributed by atoms with Gasteiger partial charge in [-0.25, -0.2) is 4.98 Å². The summed E-state index contributed by atoms with van der Waals surface area (Å²) >= 11 is 1.76. The molecule has 1 aromatic rings. The molecule has 0 fully saturated rings. The summed E-state index contributed by atoms with van der Waals surface area (Å²) in [6, 6.07) is 0.489. The van der Waals surface area contributed by atoms with Crippen LogP contribution in [-0.2, 0) is 6.42 Å². The van der Waals surface area contributed by atoms with Crippen molar-refractivity contribution < 1.29 is 0 Å². The van der Waals surface area contributed by atoms with Gasteiger partial charge >= 0.3 is 0 Å². The Labute approximate surface area is 103 Å². The van der Waals surface area contributed by atoms with Gasteiger partial charge in [0.2, 0.25) is 0 Å². The molecule has 1 aromatic heterocycles. The number of nitrogens with zero attached hydrogens (tertiary/aromatic N) is 1. The van der Waals surface area contributed by atoms with E-state index >= 15 is 0 Å². The Balaban J connectivity index is 2.53. The number of hydrogen-bond acceptors (Lipinski definition) is 3. The Morgan fingerprint density at radius 3 is 2.81 bits per heavy atom. The number of aromatic nitrogens is 1. The molecule has 0 aliphatic rings. The first-order chi connectivity index (χ1) is 7.65. The van der Waals surface area contributed by atoms with Crippen molar-refractivity contribution in [2.24, 2.45) is 0 Å². The van der Waals surface area contributed by atoms with E-state index < -0.39 is 0 Å². The third-order valence-electron chi connectivity index (χ3n) is 2.62.